The maximum Gasteiger partial charge on any atom is 0.119 e. The predicted molar refractivity (Wildman–Crippen MR) is 133 cm³/mol. The minimum atomic E-state index is 0.145. The largest absolute Gasteiger partial charge is 0.494 e. The minimum Gasteiger partial charge on any atom is -0.494 e. The Balaban J connectivity index is 1.60. The molecule has 162 valence electrons. The highest BCUT2D eigenvalue weighted by Crippen LogP contribution is 2.36. The van der Waals surface area contributed by atoms with Crippen LogP contribution in [0.25, 0.3) is 11.1 Å². The van der Waals surface area contributed by atoms with Crippen molar-refractivity contribution >= 4 is 17.1 Å². The Morgan fingerprint density at radius 2 is 1.00 bits per heavy atom. The molecule has 0 heterocycles. The third-order valence-corrected chi connectivity index (χ3v) is 5.47. The van der Waals surface area contributed by atoms with Crippen molar-refractivity contribution in [2.75, 3.05) is 18.1 Å². The molecule has 1 N–H and O–H groups in total. The van der Waals surface area contributed by atoms with E-state index in [9.17, 15) is 0 Å². The lowest BCUT2D eigenvalue weighted by molar-refractivity contribution is 0.233. The number of rotatable bonds is 8. The molecule has 0 atom stereocenters. The fourth-order valence-electron chi connectivity index (χ4n) is 3.64. The van der Waals surface area contributed by atoms with Crippen LogP contribution in [0.15, 0.2) is 97.1 Å². The van der Waals surface area contributed by atoms with Gasteiger partial charge in [-0.25, -0.2) is 0 Å². The first-order chi connectivity index (χ1) is 15.6. The summed E-state index contributed by atoms with van der Waals surface area (Å²) in [5.41, 5.74) is 8.18. The Labute approximate surface area is 190 Å². The van der Waals surface area contributed by atoms with Crippen molar-refractivity contribution in [1.82, 2.24) is 0 Å². The maximum absolute atomic E-state index is 8.88. The van der Waals surface area contributed by atoms with Gasteiger partial charge in [-0.05, 0) is 73.5 Å². The van der Waals surface area contributed by atoms with Crippen molar-refractivity contribution in [3.8, 4) is 16.9 Å². The lowest BCUT2D eigenvalue weighted by atomic mass is 10.0. The zero-order valence-electron chi connectivity index (χ0n) is 18.7. The molecule has 3 nitrogen and oxygen atoms in total. The van der Waals surface area contributed by atoms with E-state index in [1.165, 1.54) is 11.1 Å². The van der Waals surface area contributed by atoms with Crippen molar-refractivity contribution in [3.05, 3.63) is 108 Å². The topological polar surface area (TPSA) is 32.7 Å². The highest BCUT2D eigenvalue weighted by atomic mass is 16.5. The molecule has 3 heteroatoms. The normalized spacial score (nSPS) is 10.7. The van der Waals surface area contributed by atoms with E-state index in [1.54, 1.807) is 0 Å². The maximum atomic E-state index is 8.88. The van der Waals surface area contributed by atoms with Gasteiger partial charge in [-0.15, -0.1) is 0 Å². The van der Waals surface area contributed by atoms with Crippen LogP contribution in [0.1, 0.15) is 17.5 Å². The van der Waals surface area contributed by atoms with E-state index in [1.807, 2.05) is 12.1 Å². The summed E-state index contributed by atoms with van der Waals surface area (Å²) in [6, 6.07) is 34.0. The molecule has 4 aromatic carbocycles. The lowest BCUT2D eigenvalue weighted by Crippen LogP contribution is -2.09. The first kappa shape index (κ1) is 21.7. The van der Waals surface area contributed by atoms with Crippen LogP contribution >= 0.6 is 0 Å². The van der Waals surface area contributed by atoms with Crippen molar-refractivity contribution in [2.24, 2.45) is 0 Å². The molecule has 0 unspecified atom stereocenters. The number of hydrogen-bond acceptors (Lipinski definition) is 3. The van der Waals surface area contributed by atoms with Crippen LogP contribution < -0.4 is 9.64 Å². The number of nitrogens with zero attached hydrogens (tertiary/aromatic N) is 1. The second kappa shape index (κ2) is 10.2. The van der Waals surface area contributed by atoms with Crippen LogP contribution in [0.5, 0.6) is 5.75 Å². The summed E-state index contributed by atoms with van der Waals surface area (Å²) >= 11 is 0. The van der Waals surface area contributed by atoms with E-state index in [0.717, 1.165) is 33.9 Å². The van der Waals surface area contributed by atoms with Crippen LogP contribution in [-0.2, 0) is 0 Å². The summed E-state index contributed by atoms with van der Waals surface area (Å²) in [5, 5.41) is 8.88. The van der Waals surface area contributed by atoms with Gasteiger partial charge in [0.2, 0.25) is 0 Å². The SMILES string of the molecule is Cc1ccc(N(c2ccc(C)cc2)c2ccc(-c3ccc(OCCCO)cc3)cc2)cc1. The zero-order valence-corrected chi connectivity index (χ0v) is 18.7. The smallest absolute Gasteiger partial charge is 0.119 e. The van der Waals surface area contributed by atoms with E-state index in [0.29, 0.717) is 13.0 Å². The van der Waals surface area contributed by atoms with Crippen molar-refractivity contribution < 1.29 is 9.84 Å². The molecule has 32 heavy (non-hydrogen) atoms. The Kier molecular flexibility index (Phi) is 6.88. The Morgan fingerprint density at radius 3 is 1.44 bits per heavy atom. The molecule has 0 aliphatic carbocycles. The Morgan fingerprint density at radius 1 is 0.594 bits per heavy atom. The van der Waals surface area contributed by atoms with Crippen LogP contribution in [0.4, 0.5) is 17.1 Å². The number of hydrogen-bond donors (Lipinski definition) is 1. The number of ether oxygens (including phenoxy) is 1. The summed E-state index contributed by atoms with van der Waals surface area (Å²) in [5.74, 6) is 0.823. The van der Waals surface area contributed by atoms with Crippen molar-refractivity contribution in [3.63, 3.8) is 0 Å². The third kappa shape index (κ3) is 5.19. The highest BCUT2D eigenvalue weighted by molar-refractivity contribution is 5.78. The quantitative estimate of drug-likeness (QED) is 0.304. The van der Waals surface area contributed by atoms with Gasteiger partial charge in [-0.1, -0.05) is 59.7 Å². The Hall–Kier alpha value is -3.56. The average Bonchev–Trinajstić information content (AvgIpc) is 2.83. The number of aliphatic hydroxyl groups is 1. The lowest BCUT2D eigenvalue weighted by Gasteiger charge is -2.26. The standard InChI is InChI=1S/C29H29NO2/c1-22-4-12-26(13-5-22)30(27-14-6-23(2)7-15-27)28-16-8-24(9-17-28)25-10-18-29(19-11-25)32-21-3-20-31/h4-19,31H,3,20-21H2,1-2H3. The molecule has 0 fully saturated rings. The summed E-state index contributed by atoms with van der Waals surface area (Å²) in [6.45, 7) is 4.89. The minimum absolute atomic E-state index is 0.145. The van der Waals surface area contributed by atoms with Gasteiger partial charge in [0.1, 0.15) is 5.75 Å². The molecule has 0 spiro atoms. The van der Waals surface area contributed by atoms with E-state index in [2.05, 4.69) is 104 Å². The molecule has 0 aliphatic heterocycles. The molecule has 0 saturated carbocycles. The second-order valence-electron chi connectivity index (χ2n) is 8.00. The molecule has 4 aromatic rings. The number of benzene rings is 4. The van der Waals surface area contributed by atoms with Crippen molar-refractivity contribution in [1.29, 1.82) is 0 Å². The van der Waals surface area contributed by atoms with E-state index >= 15 is 0 Å². The first-order valence-corrected chi connectivity index (χ1v) is 11.0. The van der Waals surface area contributed by atoms with E-state index in [-0.39, 0.29) is 6.61 Å². The van der Waals surface area contributed by atoms with Gasteiger partial charge in [0.05, 0.1) is 6.61 Å². The van der Waals surface area contributed by atoms with Gasteiger partial charge < -0.3 is 14.7 Å². The molecule has 0 saturated heterocycles. The monoisotopic (exact) mass is 423 g/mol. The summed E-state index contributed by atoms with van der Waals surface area (Å²) in [7, 11) is 0. The molecular weight excluding hydrogens is 394 g/mol. The fraction of sp³-hybridized carbons (Fsp3) is 0.172. The number of anilines is 3. The number of aliphatic hydroxyl groups excluding tert-OH is 1. The molecular formula is C29H29NO2. The Bertz CT molecular complexity index is 1070. The van der Waals surface area contributed by atoms with E-state index < -0.39 is 0 Å². The molecule has 0 aromatic heterocycles. The fourth-order valence-corrected chi connectivity index (χ4v) is 3.64. The van der Waals surface area contributed by atoms with Gasteiger partial charge in [0, 0.05) is 30.1 Å². The van der Waals surface area contributed by atoms with Crippen LogP contribution in [0.2, 0.25) is 0 Å². The average molecular weight is 424 g/mol. The van der Waals surface area contributed by atoms with Crippen LogP contribution in [0, 0.1) is 13.8 Å². The van der Waals surface area contributed by atoms with Crippen LogP contribution in [0.3, 0.4) is 0 Å². The van der Waals surface area contributed by atoms with Crippen molar-refractivity contribution in [2.45, 2.75) is 20.3 Å². The van der Waals surface area contributed by atoms with Crippen LogP contribution in [-0.4, -0.2) is 18.3 Å². The summed E-state index contributed by atoms with van der Waals surface area (Å²) < 4.78 is 5.64. The molecule has 4 rings (SSSR count). The van der Waals surface area contributed by atoms with Gasteiger partial charge >= 0.3 is 0 Å². The van der Waals surface area contributed by atoms with Gasteiger partial charge in [-0.2, -0.15) is 0 Å². The molecule has 0 radical (unpaired) electrons. The zero-order chi connectivity index (χ0) is 22.3. The predicted octanol–water partition coefficient (Wildman–Crippen LogP) is 7.20. The summed E-state index contributed by atoms with van der Waals surface area (Å²) in [6.07, 6.45) is 0.641. The van der Waals surface area contributed by atoms with Gasteiger partial charge in [-0.3, -0.25) is 0 Å². The highest BCUT2D eigenvalue weighted by Gasteiger charge is 2.12. The van der Waals surface area contributed by atoms with Gasteiger partial charge in [0.15, 0.2) is 0 Å². The second-order valence-corrected chi connectivity index (χ2v) is 8.00. The first-order valence-electron chi connectivity index (χ1n) is 11.0. The molecule has 0 amide bonds. The molecule has 0 bridgehead atoms. The summed E-state index contributed by atoms with van der Waals surface area (Å²) in [4.78, 5) is 2.28. The molecule has 0 aliphatic rings. The third-order valence-electron chi connectivity index (χ3n) is 5.47. The number of aryl methyl sites for hydroxylation is 2. The van der Waals surface area contributed by atoms with E-state index in [4.69, 9.17) is 9.84 Å². The van der Waals surface area contributed by atoms with Gasteiger partial charge in [0.25, 0.3) is 0 Å².